The minimum absolute atomic E-state index is 0.204. The molecule has 0 bridgehead atoms. The number of benzene rings is 2. The fourth-order valence-corrected chi connectivity index (χ4v) is 3.03. The number of carbonyl (C=O) groups excluding carboxylic acids is 1. The second-order valence-electron chi connectivity index (χ2n) is 4.99. The average molecular weight is 337 g/mol. The van der Waals surface area contributed by atoms with E-state index in [9.17, 15) is 4.79 Å². The first-order valence-corrected chi connectivity index (χ1v) is 8.13. The fourth-order valence-electron chi connectivity index (χ4n) is 2.05. The van der Waals surface area contributed by atoms with Crippen molar-refractivity contribution in [3.63, 3.8) is 0 Å². The van der Waals surface area contributed by atoms with Gasteiger partial charge in [-0.2, -0.15) is 0 Å². The zero-order valence-corrected chi connectivity index (χ0v) is 13.6. The van der Waals surface area contributed by atoms with Gasteiger partial charge in [0.05, 0.1) is 16.6 Å². The third-order valence-electron chi connectivity index (χ3n) is 3.13. The summed E-state index contributed by atoms with van der Waals surface area (Å²) in [4.78, 5) is 20.9. The summed E-state index contributed by atoms with van der Waals surface area (Å²) in [5.74, 6) is -0.373. The summed E-state index contributed by atoms with van der Waals surface area (Å²) in [5.41, 5.74) is 7.63. The van der Waals surface area contributed by atoms with Gasteiger partial charge in [-0.3, -0.25) is 0 Å². The van der Waals surface area contributed by atoms with Gasteiger partial charge in [-0.15, -0.1) is 11.3 Å². The molecule has 0 amide bonds. The molecule has 2 aromatic carbocycles. The van der Waals surface area contributed by atoms with E-state index < -0.39 is 5.97 Å². The molecule has 0 aliphatic rings. The van der Waals surface area contributed by atoms with Crippen LogP contribution in [0.25, 0.3) is 16.3 Å². The van der Waals surface area contributed by atoms with Gasteiger partial charge in [0.2, 0.25) is 0 Å². The van der Waals surface area contributed by atoms with Gasteiger partial charge in [0, 0.05) is 6.08 Å². The van der Waals surface area contributed by atoms with E-state index in [0.29, 0.717) is 6.42 Å². The molecule has 3 rings (SSSR count). The number of thiazole rings is 1. The molecule has 0 saturated carbocycles. The fraction of sp³-hybridized carbons (Fsp3) is 0.0556. The van der Waals surface area contributed by atoms with E-state index in [-0.39, 0.29) is 5.84 Å². The summed E-state index contributed by atoms with van der Waals surface area (Å²) in [5, 5.41) is 4.49. The van der Waals surface area contributed by atoms with Crippen LogP contribution < -0.4 is 5.73 Å². The first kappa shape index (κ1) is 15.9. The highest BCUT2D eigenvalue weighted by atomic mass is 32.1. The van der Waals surface area contributed by atoms with Gasteiger partial charge in [-0.1, -0.05) is 47.6 Å². The molecule has 1 aromatic heterocycles. The zero-order valence-electron chi connectivity index (χ0n) is 12.8. The summed E-state index contributed by atoms with van der Waals surface area (Å²) in [7, 11) is 0. The number of amidine groups is 1. The Morgan fingerprint density at radius 1 is 1.17 bits per heavy atom. The molecule has 0 saturated heterocycles. The van der Waals surface area contributed by atoms with Crippen LogP contribution in [0.5, 0.6) is 0 Å². The molecule has 3 aromatic rings. The smallest absolute Gasteiger partial charge is 0.358 e. The molecular weight excluding hydrogens is 322 g/mol. The molecule has 0 atom stereocenters. The lowest BCUT2D eigenvalue weighted by atomic mass is 10.2. The second-order valence-corrected chi connectivity index (χ2v) is 6.10. The number of para-hydroxylation sites is 1. The second kappa shape index (κ2) is 7.52. The quantitative estimate of drug-likeness (QED) is 0.255. The van der Waals surface area contributed by atoms with Crippen molar-refractivity contribution < 1.29 is 9.63 Å². The SMILES string of the molecule is N/C(Cc1nc2ccccc2s1)=N\OC(=O)/C=C/c1ccccc1. The number of rotatable bonds is 5. The summed E-state index contributed by atoms with van der Waals surface area (Å²) < 4.78 is 1.09. The lowest BCUT2D eigenvalue weighted by Gasteiger charge is -1.96. The van der Waals surface area contributed by atoms with E-state index in [4.69, 9.17) is 10.6 Å². The molecule has 6 heteroatoms. The highest BCUT2D eigenvalue weighted by molar-refractivity contribution is 7.18. The van der Waals surface area contributed by atoms with E-state index in [2.05, 4.69) is 10.1 Å². The normalized spacial score (nSPS) is 11.9. The van der Waals surface area contributed by atoms with Crippen LogP contribution in [0.15, 0.2) is 65.8 Å². The highest BCUT2D eigenvalue weighted by Crippen LogP contribution is 2.21. The van der Waals surface area contributed by atoms with E-state index in [0.717, 1.165) is 20.8 Å². The van der Waals surface area contributed by atoms with E-state index in [1.165, 1.54) is 6.08 Å². The molecule has 0 fully saturated rings. The Morgan fingerprint density at radius 3 is 2.71 bits per heavy atom. The number of nitrogens with zero attached hydrogens (tertiary/aromatic N) is 2. The maximum Gasteiger partial charge on any atom is 0.358 e. The van der Waals surface area contributed by atoms with E-state index >= 15 is 0 Å². The van der Waals surface area contributed by atoms with Gasteiger partial charge in [-0.05, 0) is 23.8 Å². The Morgan fingerprint density at radius 2 is 1.92 bits per heavy atom. The average Bonchev–Trinajstić information content (AvgIpc) is 3.01. The number of nitrogens with two attached hydrogens (primary N) is 1. The molecule has 1 heterocycles. The predicted molar refractivity (Wildman–Crippen MR) is 96.5 cm³/mol. The monoisotopic (exact) mass is 337 g/mol. The largest absolute Gasteiger partial charge is 0.384 e. The molecule has 0 radical (unpaired) electrons. The van der Waals surface area contributed by atoms with Gasteiger partial charge in [0.1, 0.15) is 10.8 Å². The summed E-state index contributed by atoms with van der Waals surface area (Å²) in [6.07, 6.45) is 3.31. The number of fused-ring (bicyclic) bond motifs is 1. The Hall–Kier alpha value is -2.99. The minimum Gasteiger partial charge on any atom is -0.384 e. The standard InChI is InChI=1S/C18H15N3O2S/c19-16(12-17-20-14-8-4-5-9-15(14)24-17)21-23-18(22)11-10-13-6-2-1-3-7-13/h1-11H,12H2,(H2,19,21)/b11-10+. The zero-order chi connectivity index (χ0) is 16.8. The van der Waals surface area contributed by atoms with Crippen LogP contribution in [0.4, 0.5) is 0 Å². The Bertz CT molecular complexity index is 868. The van der Waals surface area contributed by atoms with Crippen LogP contribution in [0.1, 0.15) is 10.6 Å². The molecule has 5 nitrogen and oxygen atoms in total. The van der Waals surface area contributed by atoms with E-state index in [1.807, 2.05) is 54.6 Å². The van der Waals surface area contributed by atoms with Gasteiger partial charge >= 0.3 is 5.97 Å². The molecule has 120 valence electrons. The third-order valence-corrected chi connectivity index (χ3v) is 4.17. The Labute approximate surface area is 143 Å². The highest BCUT2D eigenvalue weighted by Gasteiger charge is 2.06. The van der Waals surface area contributed by atoms with Crippen molar-refractivity contribution in [1.29, 1.82) is 0 Å². The molecular formula is C18H15N3O2S. The van der Waals surface area contributed by atoms with Gasteiger partial charge in [-0.25, -0.2) is 9.78 Å². The topological polar surface area (TPSA) is 77.6 Å². The van der Waals surface area contributed by atoms with Crippen molar-refractivity contribution in [3.8, 4) is 0 Å². The third kappa shape index (κ3) is 4.27. The minimum atomic E-state index is -0.578. The maximum atomic E-state index is 11.6. The van der Waals surface area contributed by atoms with Gasteiger partial charge in [0.15, 0.2) is 0 Å². The number of aromatic nitrogens is 1. The molecule has 0 aliphatic heterocycles. The molecule has 0 spiro atoms. The van der Waals surface area contributed by atoms with Crippen LogP contribution >= 0.6 is 11.3 Å². The summed E-state index contributed by atoms with van der Waals surface area (Å²) in [6, 6.07) is 17.3. The number of oxime groups is 1. The van der Waals surface area contributed by atoms with E-state index in [1.54, 1.807) is 17.4 Å². The first-order valence-electron chi connectivity index (χ1n) is 7.31. The number of hydrogen-bond acceptors (Lipinski definition) is 5. The first-order chi connectivity index (χ1) is 11.7. The van der Waals surface area contributed by atoms with Crippen LogP contribution in [-0.2, 0) is 16.1 Å². The van der Waals surface area contributed by atoms with Crippen molar-refractivity contribution in [2.75, 3.05) is 0 Å². The van der Waals surface area contributed by atoms with Crippen LogP contribution in [0, 0.1) is 0 Å². The van der Waals surface area contributed by atoms with Crippen LogP contribution in [-0.4, -0.2) is 16.8 Å². The van der Waals surface area contributed by atoms with Crippen molar-refractivity contribution in [1.82, 2.24) is 4.98 Å². The summed E-state index contributed by atoms with van der Waals surface area (Å²) in [6.45, 7) is 0. The molecule has 2 N–H and O–H groups in total. The van der Waals surface area contributed by atoms with Crippen molar-refractivity contribution in [2.24, 2.45) is 10.9 Å². The molecule has 0 aliphatic carbocycles. The van der Waals surface area contributed by atoms with Gasteiger partial charge in [0.25, 0.3) is 0 Å². The van der Waals surface area contributed by atoms with Crippen molar-refractivity contribution >= 4 is 39.4 Å². The maximum absolute atomic E-state index is 11.6. The lowest BCUT2D eigenvalue weighted by molar-refractivity contribution is -0.137. The molecule has 0 unspecified atom stereocenters. The summed E-state index contributed by atoms with van der Waals surface area (Å²) >= 11 is 1.54. The predicted octanol–water partition coefficient (Wildman–Crippen LogP) is 3.37. The van der Waals surface area contributed by atoms with Crippen LogP contribution in [0.2, 0.25) is 0 Å². The van der Waals surface area contributed by atoms with Crippen molar-refractivity contribution in [3.05, 3.63) is 71.2 Å². The van der Waals surface area contributed by atoms with Crippen LogP contribution in [0.3, 0.4) is 0 Å². The Kier molecular flexibility index (Phi) is 4.98. The Balaban J connectivity index is 1.57. The lowest BCUT2D eigenvalue weighted by Crippen LogP contribution is -2.16. The molecule has 24 heavy (non-hydrogen) atoms. The van der Waals surface area contributed by atoms with Crippen molar-refractivity contribution in [2.45, 2.75) is 6.42 Å². The number of carbonyl (C=O) groups is 1. The van der Waals surface area contributed by atoms with Gasteiger partial charge < -0.3 is 10.6 Å². The number of hydrogen-bond donors (Lipinski definition) is 1.